The Morgan fingerprint density at radius 2 is 1.93 bits per heavy atom. The van der Waals surface area contributed by atoms with Crippen LogP contribution in [0.1, 0.15) is 12.5 Å². The van der Waals surface area contributed by atoms with Gasteiger partial charge in [-0.1, -0.05) is 0 Å². The smallest absolute Gasteiger partial charge is 0.317 e. The number of piperazine rings is 1. The number of amides is 2. The van der Waals surface area contributed by atoms with Crippen molar-refractivity contribution in [3.63, 3.8) is 0 Å². The number of urea groups is 1. The van der Waals surface area contributed by atoms with E-state index in [1.54, 1.807) is 11.3 Å². The van der Waals surface area contributed by atoms with Crippen LogP contribution in [0.15, 0.2) is 39.9 Å². The van der Waals surface area contributed by atoms with Crippen molar-refractivity contribution in [2.24, 2.45) is 0 Å². The molecule has 2 amide bonds. The van der Waals surface area contributed by atoms with Crippen LogP contribution < -0.4 is 5.32 Å². The first-order chi connectivity index (χ1) is 13.3. The lowest BCUT2D eigenvalue weighted by atomic mass is 10.1. The van der Waals surface area contributed by atoms with Crippen LogP contribution >= 0.6 is 11.3 Å². The second-order valence-electron chi connectivity index (χ2n) is 6.65. The van der Waals surface area contributed by atoms with Crippen molar-refractivity contribution in [2.45, 2.75) is 24.3 Å². The van der Waals surface area contributed by atoms with E-state index in [4.69, 9.17) is 0 Å². The Morgan fingerprint density at radius 3 is 2.57 bits per heavy atom. The van der Waals surface area contributed by atoms with Crippen LogP contribution in [0.2, 0.25) is 0 Å². The van der Waals surface area contributed by atoms with Gasteiger partial charge in [0, 0.05) is 32.2 Å². The maximum absolute atomic E-state index is 13.9. The highest BCUT2D eigenvalue weighted by atomic mass is 32.2. The lowest BCUT2D eigenvalue weighted by Crippen LogP contribution is -2.54. The summed E-state index contributed by atoms with van der Waals surface area (Å²) >= 11 is 1.60. The minimum absolute atomic E-state index is 0.0185. The van der Waals surface area contributed by atoms with E-state index in [1.165, 1.54) is 4.90 Å². The van der Waals surface area contributed by atoms with Crippen LogP contribution in [-0.4, -0.2) is 55.9 Å². The fourth-order valence-electron chi connectivity index (χ4n) is 3.06. The number of nitrogens with zero attached hydrogens (tertiary/aromatic N) is 2. The Labute approximate surface area is 166 Å². The van der Waals surface area contributed by atoms with Crippen LogP contribution in [0.3, 0.4) is 0 Å². The first-order valence-corrected chi connectivity index (χ1v) is 11.2. The molecule has 0 saturated carbocycles. The first kappa shape index (κ1) is 20.7. The molecule has 1 aromatic carbocycles. The molecular formula is C18H21F2N3O3S2. The van der Waals surface area contributed by atoms with E-state index in [2.05, 4.69) is 5.32 Å². The van der Waals surface area contributed by atoms with E-state index in [-0.39, 0.29) is 38.3 Å². The lowest BCUT2D eigenvalue weighted by Gasteiger charge is -2.34. The molecule has 2 heterocycles. The van der Waals surface area contributed by atoms with Gasteiger partial charge in [-0.05, 0) is 53.9 Å². The molecule has 0 spiro atoms. The van der Waals surface area contributed by atoms with Gasteiger partial charge in [0.15, 0.2) is 0 Å². The number of hydrogen-bond acceptors (Lipinski definition) is 4. The minimum Gasteiger partial charge on any atom is -0.335 e. The maximum Gasteiger partial charge on any atom is 0.317 e. The molecule has 28 heavy (non-hydrogen) atoms. The van der Waals surface area contributed by atoms with Gasteiger partial charge in [0.1, 0.15) is 16.5 Å². The molecule has 6 nitrogen and oxygen atoms in total. The topological polar surface area (TPSA) is 69.7 Å². The van der Waals surface area contributed by atoms with Gasteiger partial charge >= 0.3 is 6.03 Å². The van der Waals surface area contributed by atoms with Gasteiger partial charge in [-0.2, -0.15) is 15.6 Å². The zero-order valence-electron chi connectivity index (χ0n) is 15.3. The Balaban J connectivity index is 1.57. The third-order valence-corrected chi connectivity index (χ3v) is 7.17. The molecule has 1 aliphatic rings. The van der Waals surface area contributed by atoms with Crippen molar-refractivity contribution < 1.29 is 22.0 Å². The standard InChI is InChI=1S/C18H21F2N3O3S2/c1-13(10-14-4-9-27-12-14)21-18(24)22-5-7-23(8-6-22)28(25,26)17-11-15(19)2-3-16(17)20/h2-4,9,11-13H,5-8,10H2,1H3,(H,21,24). The number of benzene rings is 1. The van der Waals surface area contributed by atoms with Gasteiger partial charge in [-0.15, -0.1) is 0 Å². The van der Waals surface area contributed by atoms with Crippen molar-refractivity contribution in [1.82, 2.24) is 14.5 Å². The summed E-state index contributed by atoms with van der Waals surface area (Å²) in [5, 5.41) is 6.91. The van der Waals surface area contributed by atoms with Gasteiger partial charge in [0.2, 0.25) is 10.0 Å². The fourth-order valence-corrected chi connectivity index (χ4v) is 5.24. The molecule has 1 unspecified atom stereocenters. The number of halogens is 2. The van der Waals surface area contributed by atoms with Gasteiger partial charge in [0.05, 0.1) is 0 Å². The zero-order valence-corrected chi connectivity index (χ0v) is 16.9. The third kappa shape index (κ3) is 4.68. The summed E-state index contributed by atoms with van der Waals surface area (Å²) in [6, 6.07) is 4.01. The van der Waals surface area contributed by atoms with Gasteiger partial charge < -0.3 is 10.2 Å². The van der Waals surface area contributed by atoms with E-state index in [9.17, 15) is 22.0 Å². The molecule has 3 rings (SSSR count). The zero-order chi connectivity index (χ0) is 20.3. The second kappa shape index (κ2) is 8.54. The summed E-state index contributed by atoms with van der Waals surface area (Å²) < 4.78 is 53.5. The van der Waals surface area contributed by atoms with Gasteiger partial charge in [0.25, 0.3) is 0 Å². The number of nitrogens with one attached hydrogen (secondary N) is 1. The largest absolute Gasteiger partial charge is 0.335 e. The van der Waals surface area contributed by atoms with Crippen molar-refractivity contribution in [1.29, 1.82) is 0 Å². The molecule has 1 N–H and O–H groups in total. The summed E-state index contributed by atoms with van der Waals surface area (Å²) in [6.07, 6.45) is 0.711. The predicted molar refractivity (Wildman–Crippen MR) is 103 cm³/mol. The van der Waals surface area contributed by atoms with Crippen molar-refractivity contribution in [2.75, 3.05) is 26.2 Å². The van der Waals surface area contributed by atoms with Crippen LogP contribution in [0.25, 0.3) is 0 Å². The highest BCUT2D eigenvalue weighted by Gasteiger charge is 2.32. The molecule has 0 bridgehead atoms. The normalized spacial score (nSPS) is 16.8. The van der Waals surface area contributed by atoms with Crippen molar-refractivity contribution >= 4 is 27.4 Å². The van der Waals surface area contributed by atoms with Crippen LogP contribution in [0.4, 0.5) is 13.6 Å². The van der Waals surface area contributed by atoms with E-state index < -0.39 is 26.6 Å². The number of thiophene rings is 1. The molecular weight excluding hydrogens is 408 g/mol. The SMILES string of the molecule is CC(Cc1ccsc1)NC(=O)N1CCN(S(=O)(=O)c2cc(F)ccc2F)CC1. The van der Waals surface area contributed by atoms with Gasteiger partial charge in [-0.25, -0.2) is 22.0 Å². The number of rotatable bonds is 5. The number of sulfonamides is 1. The second-order valence-corrected chi connectivity index (χ2v) is 9.34. The quantitative estimate of drug-likeness (QED) is 0.795. The monoisotopic (exact) mass is 429 g/mol. The fraction of sp³-hybridized carbons (Fsp3) is 0.389. The summed E-state index contributed by atoms with van der Waals surface area (Å²) in [7, 11) is -4.16. The van der Waals surface area contributed by atoms with E-state index in [1.807, 2.05) is 23.8 Å². The molecule has 0 radical (unpaired) electrons. The van der Waals surface area contributed by atoms with Crippen LogP contribution in [0, 0.1) is 11.6 Å². The van der Waals surface area contributed by atoms with E-state index >= 15 is 0 Å². The minimum atomic E-state index is -4.16. The average Bonchev–Trinajstić information content (AvgIpc) is 3.16. The molecule has 1 atom stereocenters. The molecule has 1 aliphatic heterocycles. The van der Waals surface area contributed by atoms with E-state index in [0.29, 0.717) is 12.5 Å². The third-order valence-electron chi connectivity index (χ3n) is 4.53. The molecule has 1 aromatic heterocycles. The summed E-state index contributed by atoms with van der Waals surface area (Å²) in [4.78, 5) is 13.2. The predicted octanol–water partition coefficient (Wildman–Crippen LogP) is 2.67. The lowest BCUT2D eigenvalue weighted by molar-refractivity contribution is 0.169. The molecule has 1 saturated heterocycles. The molecule has 0 aliphatic carbocycles. The highest BCUT2D eigenvalue weighted by Crippen LogP contribution is 2.21. The molecule has 10 heteroatoms. The Kier molecular flexibility index (Phi) is 6.31. The van der Waals surface area contributed by atoms with Crippen molar-refractivity contribution in [3.8, 4) is 0 Å². The maximum atomic E-state index is 13.9. The highest BCUT2D eigenvalue weighted by molar-refractivity contribution is 7.89. The Bertz CT molecular complexity index is 928. The molecule has 1 fully saturated rings. The Hall–Kier alpha value is -2.04. The summed E-state index contributed by atoms with van der Waals surface area (Å²) in [5.41, 5.74) is 1.14. The van der Waals surface area contributed by atoms with Gasteiger partial charge in [-0.3, -0.25) is 0 Å². The first-order valence-electron chi connectivity index (χ1n) is 8.79. The summed E-state index contributed by atoms with van der Waals surface area (Å²) in [5.74, 6) is -1.82. The number of carbonyl (C=O) groups is 1. The van der Waals surface area contributed by atoms with Crippen LogP contribution in [0.5, 0.6) is 0 Å². The van der Waals surface area contributed by atoms with Crippen LogP contribution in [-0.2, 0) is 16.4 Å². The van der Waals surface area contributed by atoms with Crippen molar-refractivity contribution in [3.05, 3.63) is 52.2 Å². The Morgan fingerprint density at radius 1 is 1.21 bits per heavy atom. The summed E-state index contributed by atoms with van der Waals surface area (Å²) in [6.45, 7) is 2.29. The number of carbonyl (C=O) groups excluding carboxylic acids is 1. The molecule has 2 aromatic rings. The molecule has 152 valence electrons. The average molecular weight is 430 g/mol. The number of hydrogen-bond donors (Lipinski definition) is 1. The van der Waals surface area contributed by atoms with E-state index in [0.717, 1.165) is 22.0 Å².